The van der Waals surface area contributed by atoms with Crippen molar-refractivity contribution < 1.29 is 4.74 Å². The molecule has 0 radical (unpaired) electrons. The van der Waals surface area contributed by atoms with Crippen molar-refractivity contribution in [2.45, 2.75) is 25.8 Å². The Morgan fingerprint density at radius 2 is 2.20 bits per heavy atom. The quantitative estimate of drug-likeness (QED) is 0.801. The van der Waals surface area contributed by atoms with Gasteiger partial charge in [-0.25, -0.2) is 0 Å². The van der Waals surface area contributed by atoms with Crippen LogP contribution in [0.2, 0.25) is 0 Å². The summed E-state index contributed by atoms with van der Waals surface area (Å²) in [5.74, 6) is 1.76. The Balaban J connectivity index is 1.46. The third-order valence-corrected chi connectivity index (χ3v) is 5.06. The predicted molar refractivity (Wildman–Crippen MR) is 101 cm³/mol. The third kappa shape index (κ3) is 5.31. The van der Waals surface area contributed by atoms with Crippen LogP contribution in [0.3, 0.4) is 0 Å². The van der Waals surface area contributed by atoms with Gasteiger partial charge in [0.25, 0.3) is 0 Å². The molecule has 1 fully saturated rings. The summed E-state index contributed by atoms with van der Waals surface area (Å²) in [7, 11) is 3.96. The lowest BCUT2D eigenvalue weighted by molar-refractivity contribution is 0.141. The van der Waals surface area contributed by atoms with Crippen molar-refractivity contribution in [3.8, 4) is 5.75 Å². The molecule has 2 aromatic rings. The standard InChI is InChI=1S/C20H30N4O/c1-23(16-19-9-11-21-22-19)14-17-6-5-12-24(15-17)13-10-18-7-3-4-8-20(18)25-2/h3-4,7-9,11,17H,5-6,10,12-16H2,1-2H3,(H,21,22). The third-order valence-electron chi connectivity index (χ3n) is 5.06. The van der Waals surface area contributed by atoms with E-state index in [1.165, 1.54) is 37.2 Å². The molecule has 1 N–H and O–H groups in total. The highest BCUT2D eigenvalue weighted by molar-refractivity contribution is 5.33. The van der Waals surface area contributed by atoms with E-state index >= 15 is 0 Å². The number of nitrogens with zero attached hydrogens (tertiary/aromatic N) is 3. The molecule has 0 spiro atoms. The first-order chi connectivity index (χ1) is 12.2. The van der Waals surface area contributed by atoms with E-state index < -0.39 is 0 Å². The van der Waals surface area contributed by atoms with E-state index in [4.69, 9.17) is 4.74 Å². The van der Waals surface area contributed by atoms with Gasteiger partial charge in [0.15, 0.2) is 0 Å². The van der Waals surface area contributed by atoms with E-state index in [0.717, 1.165) is 37.7 Å². The number of nitrogens with one attached hydrogen (secondary N) is 1. The number of hydrogen-bond acceptors (Lipinski definition) is 4. The number of likely N-dealkylation sites (tertiary alicyclic amines) is 1. The normalized spacial score (nSPS) is 18.6. The van der Waals surface area contributed by atoms with Gasteiger partial charge in [-0.2, -0.15) is 5.10 Å². The first-order valence-corrected chi connectivity index (χ1v) is 9.25. The Labute approximate surface area is 151 Å². The van der Waals surface area contributed by atoms with Crippen LogP contribution in [0.15, 0.2) is 36.5 Å². The first-order valence-electron chi connectivity index (χ1n) is 9.25. The van der Waals surface area contributed by atoms with Crippen LogP contribution in [0.1, 0.15) is 24.1 Å². The van der Waals surface area contributed by atoms with Gasteiger partial charge < -0.3 is 14.5 Å². The Morgan fingerprint density at radius 1 is 1.32 bits per heavy atom. The number of aromatic nitrogens is 2. The van der Waals surface area contributed by atoms with Crippen molar-refractivity contribution in [1.29, 1.82) is 0 Å². The molecule has 1 saturated heterocycles. The minimum Gasteiger partial charge on any atom is -0.496 e. The summed E-state index contributed by atoms with van der Waals surface area (Å²) in [5.41, 5.74) is 2.50. The number of hydrogen-bond donors (Lipinski definition) is 1. The van der Waals surface area contributed by atoms with Crippen LogP contribution in [-0.4, -0.2) is 60.3 Å². The molecule has 0 bridgehead atoms. The Bertz CT molecular complexity index is 628. The van der Waals surface area contributed by atoms with E-state index in [9.17, 15) is 0 Å². The summed E-state index contributed by atoms with van der Waals surface area (Å²) < 4.78 is 5.48. The summed E-state index contributed by atoms with van der Waals surface area (Å²) in [6.45, 7) is 5.61. The lowest BCUT2D eigenvalue weighted by Crippen LogP contribution is -2.40. The molecule has 1 aromatic heterocycles. The second-order valence-corrected chi connectivity index (χ2v) is 7.15. The van der Waals surface area contributed by atoms with Crippen molar-refractivity contribution in [3.05, 3.63) is 47.8 Å². The second kappa shape index (κ2) is 9.02. The topological polar surface area (TPSA) is 44.4 Å². The van der Waals surface area contributed by atoms with Crippen LogP contribution >= 0.6 is 0 Å². The average molecular weight is 342 g/mol. The van der Waals surface area contributed by atoms with E-state index in [2.05, 4.69) is 51.3 Å². The van der Waals surface area contributed by atoms with Gasteiger partial charge in [0.2, 0.25) is 0 Å². The van der Waals surface area contributed by atoms with Crippen molar-refractivity contribution in [2.24, 2.45) is 5.92 Å². The molecule has 0 aliphatic carbocycles. The van der Waals surface area contributed by atoms with Gasteiger partial charge in [-0.15, -0.1) is 0 Å². The minimum absolute atomic E-state index is 0.749. The molecule has 0 amide bonds. The number of piperidine rings is 1. The lowest BCUT2D eigenvalue weighted by atomic mass is 9.97. The largest absolute Gasteiger partial charge is 0.496 e. The van der Waals surface area contributed by atoms with E-state index in [-0.39, 0.29) is 0 Å². The van der Waals surface area contributed by atoms with E-state index in [0.29, 0.717) is 0 Å². The van der Waals surface area contributed by atoms with Crippen LogP contribution in [0, 0.1) is 5.92 Å². The zero-order chi connectivity index (χ0) is 17.5. The van der Waals surface area contributed by atoms with Crippen molar-refractivity contribution in [3.63, 3.8) is 0 Å². The smallest absolute Gasteiger partial charge is 0.122 e. The number of rotatable bonds is 8. The second-order valence-electron chi connectivity index (χ2n) is 7.15. The van der Waals surface area contributed by atoms with Crippen LogP contribution in [0.5, 0.6) is 5.75 Å². The Hall–Kier alpha value is -1.85. The molecule has 136 valence electrons. The number of H-pyrrole nitrogens is 1. The monoisotopic (exact) mass is 342 g/mol. The fourth-order valence-corrected chi connectivity index (χ4v) is 3.86. The highest BCUT2D eigenvalue weighted by Gasteiger charge is 2.21. The minimum atomic E-state index is 0.749. The summed E-state index contributed by atoms with van der Waals surface area (Å²) in [5, 5.41) is 7.08. The molecular formula is C20H30N4O. The van der Waals surface area contributed by atoms with Gasteiger partial charge in [-0.1, -0.05) is 18.2 Å². The van der Waals surface area contributed by atoms with Gasteiger partial charge in [-0.05, 0) is 56.5 Å². The molecule has 1 unspecified atom stereocenters. The number of ether oxygens (including phenoxy) is 1. The van der Waals surface area contributed by atoms with Crippen molar-refractivity contribution in [2.75, 3.05) is 40.3 Å². The Morgan fingerprint density at radius 3 is 3.00 bits per heavy atom. The maximum absolute atomic E-state index is 5.48. The van der Waals surface area contributed by atoms with Gasteiger partial charge >= 0.3 is 0 Å². The van der Waals surface area contributed by atoms with Crippen LogP contribution in [-0.2, 0) is 13.0 Å². The van der Waals surface area contributed by atoms with Gasteiger partial charge in [0, 0.05) is 38.1 Å². The molecule has 2 heterocycles. The molecule has 3 rings (SSSR count). The fourth-order valence-electron chi connectivity index (χ4n) is 3.86. The van der Waals surface area contributed by atoms with Gasteiger partial charge in [0.1, 0.15) is 5.75 Å². The maximum atomic E-state index is 5.48. The lowest BCUT2D eigenvalue weighted by Gasteiger charge is -2.34. The van der Waals surface area contributed by atoms with E-state index in [1.54, 1.807) is 7.11 Å². The number of para-hydroxylation sites is 1. The zero-order valence-electron chi connectivity index (χ0n) is 15.4. The SMILES string of the molecule is COc1ccccc1CCN1CCCC(CN(C)Cc2ccn[nH]2)C1. The molecule has 5 nitrogen and oxygen atoms in total. The van der Waals surface area contributed by atoms with Gasteiger partial charge in [-0.3, -0.25) is 5.10 Å². The predicted octanol–water partition coefficient (Wildman–Crippen LogP) is 2.80. The Kier molecular flexibility index (Phi) is 6.48. The highest BCUT2D eigenvalue weighted by Crippen LogP contribution is 2.21. The maximum Gasteiger partial charge on any atom is 0.122 e. The number of aromatic amines is 1. The molecule has 1 aromatic carbocycles. The van der Waals surface area contributed by atoms with E-state index in [1.807, 2.05) is 12.3 Å². The molecular weight excluding hydrogens is 312 g/mol. The summed E-state index contributed by atoms with van der Waals surface area (Å²) >= 11 is 0. The van der Waals surface area contributed by atoms with Crippen LogP contribution in [0.4, 0.5) is 0 Å². The van der Waals surface area contributed by atoms with Gasteiger partial charge in [0.05, 0.1) is 7.11 Å². The summed E-state index contributed by atoms with van der Waals surface area (Å²) in [6, 6.07) is 10.4. The van der Waals surface area contributed by atoms with Crippen molar-refractivity contribution >= 4 is 0 Å². The van der Waals surface area contributed by atoms with Crippen molar-refractivity contribution in [1.82, 2.24) is 20.0 Å². The zero-order valence-corrected chi connectivity index (χ0v) is 15.4. The molecule has 0 saturated carbocycles. The molecule has 1 atom stereocenters. The summed E-state index contributed by atoms with van der Waals surface area (Å²) in [6.07, 6.45) is 5.51. The molecule has 25 heavy (non-hydrogen) atoms. The van der Waals surface area contributed by atoms with Crippen LogP contribution < -0.4 is 4.74 Å². The molecule has 1 aliphatic rings. The summed E-state index contributed by atoms with van der Waals surface area (Å²) in [4.78, 5) is 5.02. The molecule has 5 heteroatoms. The first kappa shape index (κ1) is 18.0. The molecule has 1 aliphatic heterocycles. The fraction of sp³-hybridized carbons (Fsp3) is 0.550. The number of benzene rings is 1. The van der Waals surface area contributed by atoms with Crippen LogP contribution in [0.25, 0.3) is 0 Å². The number of methoxy groups -OCH3 is 1. The average Bonchev–Trinajstić information content (AvgIpc) is 3.13. The highest BCUT2D eigenvalue weighted by atomic mass is 16.5.